The van der Waals surface area contributed by atoms with Crippen molar-refractivity contribution >= 4 is 18.0 Å². The molecular formula is C24H28O11. The van der Waals surface area contributed by atoms with Crippen molar-refractivity contribution in [2.24, 2.45) is 0 Å². The van der Waals surface area contributed by atoms with Gasteiger partial charge in [-0.25, -0.2) is 9.59 Å². The monoisotopic (exact) mass is 492 g/mol. The lowest BCUT2D eigenvalue weighted by atomic mass is 9.99. The van der Waals surface area contributed by atoms with Crippen molar-refractivity contribution in [3.8, 4) is 5.75 Å². The molecule has 35 heavy (non-hydrogen) atoms. The molecule has 1 aromatic rings. The number of benzene rings is 1. The smallest absolute Gasteiger partial charge is 0.336 e. The number of rotatable bonds is 8. The van der Waals surface area contributed by atoms with Gasteiger partial charge in [0.25, 0.3) is 0 Å². The summed E-state index contributed by atoms with van der Waals surface area (Å²) in [5.41, 5.74) is 1.32. The van der Waals surface area contributed by atoms with E-state index in [1.54, 1.807) is 19.1 Å². The number of hydrogen-bond donors (Lipinski definition) is 6. The molecule has 0 aromatic heterocycles. The lowest BCUT2D eigenvalue weighted by molar-refractivity contribution is -0.298. The molecular weight excluding hydrogens is 464 g/mol. The average molecular weight is 492 g/mol. The minimum absolute atomic E-state index is 0.0253. The third-order valence-electron chi connectivity index (χ3n) is 5.74. The van der Waals surface area contributed by atoms with Gasteiger partial charge in [0.05, 0.1) is 18.8 Å². The topological polar surface area (TPSA) is 183 Å². The second kappa shape index (κ2) is 11.6. The molecule has 1 aromatic carbocycles. The molecule has 0 amide bonds. The molecule has 0 saturated carbocycles. The minimum atomic E-state index is -1.61. The molecule has 2 aliphatic rings. The number of esters is 1. The zero-order chi connectivity index (χ0) is 25.7. The second-order valence-corrected chi connectivity index (χ2v) is 8.21. The van der Waals surface area contributed by atoms with E-state index in [2.05, 4.69) is 0 Å². The fraction of sp³-hybridized carbons (Fsp3) is 0.417. The fourth-order valence-electron chi connectivity index (χ4n) is 3.91. The number of phenolic OH excluding ortho intramolecular Hbond substituents is 1. The Morgan fingerprint density at radius 3 is 2.43 bits per heavy atom. The fourth-order valence-corrected chi connectivity index (χ4v) is 3.91. The third kappa shape index (κ3) is 6.34. The molecule has 1 aliphatic heterocycles. The molecule has 1 heterocycles. The maximum atomic E-state index is 12.4. The van der Waals surface area contributed by atoms with Gasteiger partial charge in [0, 0.05) is 18.1 Å². The van der Waals surface area contributed by atoms with Crippen LogP contribution in [-0.4, -0.2) is 92.6 Å². The van der Waals surface area contributed by atoms with Crippen molar-refractivity contribution in [2.45, 2.75) is 50.2 Å². The van der Waals surface area contributed by atoms with Gasteiger partial charge in [0.1, 0.15) is 36.3 Å². The van der Waals surface area contributed by atoms with Crippen LogP contribution < -0.4 is 0 Å². The van der Waals surface area contributed by atoms with E-state index in [-0.39, 0.29) is 29.9 Å². The van der Waals surface area contributed by atoms with Crippen LogP contribution in [0.25, 0.3) is 6.08 Å². The zero-order valence-electron chi connectivity index (χ0n) is 18.9. The first-order valence-corrected chi connectivity index (χ1v) is 10.9. The Balaban J connectivity index is 1.69. The van der Waals surface area contributed by atoms with E-state index in [1.807, 2.05) is 0 Å². The van der Waals surface area contributed by atoms with Crippen molar-refractivity contribution < 1.29 is 54.4 Å². The van der Waals surface area contributed by atoms with E-state index in [1.165, 1.54) is 30.4 Å². The van der Waals surface area contributed by atoms with Crippen LogP contribution in [-0.2, 0) is 23.8 Å². The maximum absolute atomic E-state index is 12.4. The van der Waals surface area contributed by atoms with E-state index >= 15 is 0 Å². The highest BCUT2D eigenvalue weighted by atomic mass is 16.7. The Morgan fingerprint density at radius 2 is 1.80 bits per heavy atom. The Kier molecular flexibility index (Phi) is 8.78. The van der Waals surface area contributed by atoms with Crippen molar-refractivity contribution in [3.63, 3.8) is 0 Å². The van der Waals surface area contributed by atoms with E-state index in [4.69, 9.17) is 14.2 Å². The highest BCUT2D eigenvalue weighted by Crippen LogP contribution is 2.34. The van der Waals surface area contributed by atoms with Crippen molar-refractivity contribution in [1.29, 1.82) is 0 Å². The number of aliphatic hydroxyl groups is 4. The molecule has 11 nitrogen and oxygen atoms in total. The zero-order valence-corrected chi connectivity index (χ0v) is 18.9. The molecule has 0 bridgehead atoms. The highest BCUT2D eigenvalue weighted by molar-refractivity contribution is 5.95. The molecule has 0 unspecified atom stereocenters. The van der Waals surface area contributed by atoms with Crippen LogP contribution in [0.1, 0.15) is 18.9 Å². The summed E-state index contributed by atoms with van der Waals surface area (Å²) < 4.78 is 16.1. The van der Waals surface area contributed by atoms with Crippen molar-refractivity contribution in [3.05, 3.63) is 58.7 Å². The molecule has 1 aliphatic carbocycles. The Labute approximate surface area is 200 Å². The van der Waals surface area contributed by atoms with Gasteiger partial charge in [0.2, 0.25) is 0 Å². The molecule has 0 radical (unpaired) electrons. The van der Waals surface area contributed by atoms with Crippen LogP contribution in [0.4, 0.5) is 0 Å². The lowest BCUT2D eigenvalue weighted by Gasteiger charge is -2.39. The number of carbonyl (C=O) groups is 2. The summed E-state index contributed by atoms with van der Waals surface area (Å²) in [7, 11) is 0. The summed E-state index contributed by atoms with van der Waals surface area (Å²) in [5.74, 6) is -1.83. The number of aromatic hydroxyl groups is 1. The molecule has 1 fully saturated rings. The summed E-state index contributed by atoms with van der Waals surface area (Å²) in [4.78, 5) is 24.2. The molecule has 0 spiro atoms. The molecule has 6 N–H and O–H groups in total. The van der Waals surface area contributed by atoms with Gasteiger partial charge in [0.15, 0.2) is 6.29 Å². The standard InChI is InChI=1S/C24H28O11/c1-12-10-16(34-18(27)7-4-13-2-5-14(26)6-3-13)15(19(12)23(31)32)8-9-33-24-22(30)21(29)20(28)17(11-25)35-24/h2-8,16-17,20-22,24-26,28-30H,9-11H2,1H3,(H,31,32)/t16-,17+,20-,21-,22-,24+/m0/s1. The van der Waals surface area contributed by atoms with E-state index in [0.29, 0.717) is 11.1 Å². The summed E-state index contributed by atoms with van der Waals surface area (Å²) in [6.45, 7) is 0.710. The molecule has 190 valence electrons. The summed E-state index contributed by atoms with van der Waals surface area (Å²) in [6.07, 6.45) is -3.99. The summed E-state index contributed by atoms with van der Waals surface area (Å²) >= 11 is 0. The first-order chi connectivity index (χ1) is 16.6. The van der Waals surface area contributed by atoms with Crippen molar-refractivity contribution in [1.82, 2.24) is 0 Å². The van der Waals surface area contributed by atoms with Gasteiger partial charge >= 0.3 is 11.9 Å². The van der Waals surface area contributed by atoms with Crippen LogP contribution in [0.2, 0.25) is 0 Å². The molecule has 6 atom stereocenters. The number of aliphatic carboxylic acids is 1. The minimum Gasteiger partial charge on any atom is -0.508 e. The Bertz CT molecular complexity index is 1010. The molecule has 3 rings (SSSR count). The van der Waals surface area contributed by atoms with Crippen LogP contribution in [0.3, 0.4) is 0 Å². The first kappa shape index (κ1) is 26.5. The average Bonchev–Trinajstić information content (AvgIpc) is 3.13. The van der Waals surface area contributed by atoms with Crippen LogP contribution in [0.15, 0.2) is 53.1 Å². The van der Waals surface area contributed by atoms with Gasteiger partial charge < -0.3 is 44.8 Å². The predicted molar refractivity (Wildman–Crippen MR) is 120 cm³/mol. The molecule has 11 heteroatoms. The maximum Gasteiger partial charge on any atom is 0.336 e. The normalized spacial score (nSPS) is 30.3. The van der Waals surface area contributed by atoms with Gasteiger partial charge in [-0.3, -0.25) is 0 Å². The van der Waals surface area contributed by atoms with Crippen LogP contribution >= 0.6 is 0 Å². The second-order valence-electron chi connectivity index (χ2n) is 8.21. The SMILES string of the molecule is CC1=C(C(=O)O)C(=CCO[C@@H]2O[C@H](CO)[C@H](O)[C@H](O)[C@@H]2O)[C@@H](OC(=O)C=Cc2ccc(O)cc2)C1. The lowest BCUT2D eigenvalue weighted by Crippen LogP contribution is -2.59. The number of aliphatic hydroxyl groups excluding tert-OH is 4. The van der Waals surface area contributed by atoms with Gasteiger partial charge in [-0.15, -0.1) is 0 Å². The summed E-state index contributed by atoms with van der Waals surface area (Å²) in [5, 5.41) is 58.0. The van der Waals surface area contributed by atoms with Crippen LogP contribution in [0, 0.1) is 0 Å². The van der Waals surface area contributed by atoms with Gasteiger partial charge in [-0.2, -0.15) is 0 Å². The van der Waals surface area contributed by atoms with Gasteiger partial charge in [-0.05, 0) is 30.7 Å². The van der Waals surface area contributed by atoms with Crippen molar-refractivity contribution in [2.75, 3.05) is 13.2 Å². The number of carboxylic acids is 1. The van der Waals surface area contributed by atoms with E-state index in [0.717, 1.165) is 0 Å². The highest BCUT2D eigenvalue weighted by Gasteiger charge is 2.44. The number of carbonyl (C=O) groups excluding carboxylic acids is 1. The molecule has 1 saturated heterocycles. The van der Waals surface area contributed by atoms with Crippen LogP contribution in [0.5, 0.6) is 5.75 Å². The predicted octanol–water partition coefficient (Wildman–Crippen LogP) is -0.135. The van der Waals surface area contributed by atoms with Gasteiger partial charge in [-0.1, -0.05) is 23.8 Å². The first-order valence-electron chi connectivity index (χ1n) is 10.9. The quantitative estimate of drug-likeness (QED) is 0.210. The number of ether oxygens (including phenoxy) is 3. The Morgan fingerprint density at radius 1 is 1.11 bits per heavy atom. The van der Waals surface area contributed by atoms with E-state index in [9.17, 15) is 40.2 Å². The number of hydrogen-bond acceptors (Lipinski definition) is 10. The Hall–Kier alpha value is -3.06. The third-order valence-corrected chi connectivity index (χ3v) is 5.74. The largest absolute Gasteiger partial charge is 0.508 e. The number of phenols is 1. The number of carboxylic acid groups (broad SMARTS) is 1. The van der Waals surface area contributed by atoms with E-state index < -0.39 is 55.4 Å². The summed E-state index contributed by atoms with van der Waals surface area (Å²) in [6, 6.07) is 6.13.